The van der Waals surface area contributed by atoms with Gasteiger partial charge >= 0.3 is 0 Å². The lowest BCUT2D eigenvalue weighted by Gasteiger charge is -1.99. The van der Waals surface area contributed by atoms with Crippen LogP contribution in [0.5, 0.6) is 0 Å². The summed E-state index contributed by atoms with van der Waals surface area (Å²) in [6.07, 6.45) is 0.666. The van der Waals surface area contributed by atoms with Crippen molar-refractivity contribution in [2.75, 3.05) is 23.0 Å². The number of hydrogen-bond donors (Lipinski definition) is 1. The second kappa shape index (κ2) is 6.11. The van der Waals surface area contributed by atoms with E-state index in [9.17, 15) is 8.42 Å². The molecule has 0 saturated carbocycles. The molecule has 0 atom stereocenters. The summed E-state index contributed by atoms with van der Waals surface area (Å²) in [6.45, 7) is 2.07. The first-order chi connectivity index (χ1) is 9.03. The third-order valence-corrected chi connectivity index (χ3v) is 6.82. The maximum Gasteiger partial charge on any atom is 0.210 e. The molecular weight excluding hydrogens is 300 g/mol. The summed E-state index contributed by atoms with van der Waals surface area (Å²) in [5.74, 6) is 2.04. The second-order valence-corrected chi connectivity index (χ2v) is 8.78. The molecule has 1 heterocycles. The summed E-state index contributed by atoms with van der Waals surface area (Å²) >= 11 is 2.95. The van der Waals surface area contributed by atoms with Crippen LogP contribution in [0.25, 0.3) is 10.2 Å². The second-order valence-electron chi connectivity index (χ2n) is 4.08. The van der Waals surface area contributed by atoms with Crippen LogP contribution < -0.4 is 5.73 Å². The Balaban J connectivity index is 2.18. The van der Waals surface area contributed by atoms with E-state index in [1.807, 2.05) is 0 Å². The average Bonchev–Trinajstić information content (AvgIpc) is 2.78. The minimum atomic E-state index is -3.26. The summed E-state index contributed by atoms with van der Waals surface area (Å²) in [4.78, 5) is 4.19. The highest BCUT2D eigenvalue weighted by molar-refractivity contribution is 7.99. The van der Waals surface area contributed by atoms with Crippen LogP contribution in [0.4, 0.5) is 5.69 Å². The van der Waals surface area contributed by atoms with Crippen molar-refractivity contribution in [2.24, 2.45) is 0 Å². The number of nitrogens with two attached hydrogens (primary N) is 1. The van der Waals surface area contributed by atoms with Crippen molar-refractivity contribution in [1.82, 2.24) is 4.98 Å². The molecule has 0 amide bonds. The highest BCUT2D eigenvalue weighted by Crippen LogP contribution is 2.28. The third-order valence-electron chi connectivity index (χ3n) is 2.56. The van der Waals surface area contributed by atoms with E-state index in [-0.39, 0.29) is 10.1 Å². The number of hydrogen-bond acceptors (Lipinski definition) is 6. The zero-order valence-electron chi connectivity index (χ0n) is 10.6. The van der Waals surface area contributed by atoms with Gasteiger partial charge in [0.25, 0.3) is 0 Å². The van der Waals surface area contributed by atoms with Crippen molar-refractivity contribution in [2.45, 2.75) is 17.7 Å². The molecule has 19 heavy (non-hydrogen) atoms. The monoisotopic (exact) mass is 316 g/mol. The minimum Gasteiger partial charge on any atom is -0.399 e. The van der Waals surface area contributed by atoms with E-state index in [0.717, 1.165) is 16.2 Å². The first-order valence-corrected chi connectivity index (χ1v) is 9.62. The van der Waals surface area contributed by atoms with Crippen LogP contribution in [0.3, 0.4) is 0 Å². The molecule has 0 aliphatic carbocycles. The van der Waals surface area contributed by atoms with Crippen molar-refractivity contribution >= 4 is 48.8 Å². The van der Waals surface area contributed by atoms with Gasteiger partial charge in [0.15, 0.2) is 0 Å². The third kappa shape index (κ3) is 3.61. The van der Waals surface area contributed by atoms with Gasteiger partial charge in [-0.25, -0.2) is 13.4 Å². The number of aromatic nitrogens is 1. The maximum atomic E-state index is 12.2. The zero-order valence-corrected chi connectivity index (χ0v) is 13.1. The normalized spacial score (nSPS) is 12.1. The van der Waals surface area contributed by atoms with Gasteiger partial charge in [-0.15, -0.1) is 11.3 Å². The summed E-state index contributed by atoms with van der Waals surface area (Å²) < 4.78 is 25.3. The number of nitrogens with zero attached hydrogens (tertiary/aromatic N) is 1. The molecule has 0 saturated heterocycles. The molecule has 4 nitrogen and oxygen atoms in total. The van der Waals surface area contributed by atoms with Gasteiger partial charge in [-0.1, -0.05) is 6.92 Å². The molecule has 104 valence electrons. The number of rotatable bonds is 6. The molecule has 0 spiro atoms. The summed E-state index contributed by atoms with van der Waals surface area (Å²) in [6, 6.07) is 5.25. The predicted molar refractivity (Wildman–Crippen MR) is 83.7 cm³/mol. The van der Waals surface area contributed by atoms with Crippen LogP contribution in [-0.2, 0) is 9.84 Å². The van der Waals surface area contributed by atoms with Gasteiger partial charge in [0.1, 0.15) is 0 Å². The molecule has 0 fully saturated rings. The van der Waals surface area contributed by atoms with Crippen molar-refractivity contribution in [3.63, 3.8) is 0 Å². The Hall–Kier alpha value is -0.790. The van der Waals surface area contributed by atoms with E-state index in [1.165, 1.54) is 11.3 Å². The Bertz CT molecular complexity index is 665. The van der Waals surface area contributed by atoms with E-state index < -0.39 is 9.84 Å². The molecule has 0 radical (unpaired) electrons. The molecular formula is C12H16N2O2S3. The highest BCUT2D eigenvalue weighted by atomic mass is 32.2. The molecule has 0 bridgehead atoms. The average molecular weight is 316 g/mol. The fourth-order valence-corrected chi connectivity index (χ4v) is 5.16. The lowest BCUT2D eigenvalue weighted by Crippen LogP contribution is -2.07. The van der Waals surface area contributed by atoms with Crippen LogP contribution in [0.1, 0.15) is 13.3 Å². The van der Waals surface area contributed by atoms with E-state index in [4.69, 9.17) is 5.73 Å². The van der Waals surface area contributed by atoms with Crippen LogP contribution in [-0.4, -0.2) is 30.7 Å². The molecule has 2 aromatic rings. The molecule has 2 N–H and O–H groups in total. The number of thioether (sulfide) groups is 1. The van der Waals surface area contributed by atoms with Gasteiger partial charge < -0.3 is 5.73 Å². The number of nitrogen functional groups attached to an aromatic ring is 1. The van der Waals surface area contributed by atoms with Gasteiger partial charge in [0, 0.05) is 5.69 Å². The fraction of sp³-hybridized carbons (Fsp3) is 0.417. The Kier molecular flexibility index (Phi) is 4.70. The molecule has 2 rings (SSSR count). The standard InChI is InChI=1S/C12H16N2O2S3/c1-2-17-6-3-7-19(15,16)12-14-10-5-4-9(13)8-11(10)18-12/h4-5,8H,2-3,6-7,13H2,1H3. The maximum absolute atomic E-state index is 12.2. The van der Waals surface area contributed by atoms with Gasteiger partial charge in [-0.05, 0) is 36.1 Å². The molecule has 7 heteroatoms. The molecule has 0 aliphatic heterocycles. The van der Waals surface area contributed by atoms with Crippen LogP contribution in [0.15, 0.2) is 22.5 Å². The number of anilines is 1. The Morgan fingerprint density at radius 2 is 2.21 bits per heavy atom. The van der Waals surface area contributed by atoms with Crippen molar-refractivity contribution < 1.29 is 8.42 Å². The van der Waals surface area contributed by atoms with Gasteiger partial charge in [0.2, 0.25) is 14.2 Å². The van der Waals surface area contributed by atoms with Crippen LogP contribution in [0, 0.1) is 0 Å². The zero-order chi connectivity index (χ0) is 13.9. The SMILES string of the molecule is CCSCCCS(=O)(=O)c1nc2ccc(N)cc2s1. The van der Waals surface area contributed by atoms with E-state index in [0.29, 0.717) is 17.6 Å². The predicted octanol–water partition coefficient (Wildman–Crippen LogP) is 2.80. The van der Waals surface area contributed by atoms with E-state index >= 15 is 0 Å². The van der Waals surface area contributed by atoms with Gasteiger partial charge in [0.05, 0.1) is 16.0 Å². The summed E-state index contributed by atoms with van der Waals surface area (Å²) in [7, 11) is -3.26. The Morgan fingerprint density at radius 3 is 2.95 bits per heavy atom. The molecule has 0 aliphatic rings. The number of fused-ring (bicyclic) bond motifs is 1. The fourth-order valence-electron chi connectivity index (χ4n) is 1.64. The van der Waals surface area contributed by atoms with Crippen LogP contribution in [0.2, 0.25) is 0 Å². The lowest BCUT2D eigenvalue weighted by molar-refractivity contribution is 0.594. The highest BCUT2D eigenvalue weighted by Gasteiger charge is 2.19. The first-order valence-electron chi connectivity index (χ1n) is 5.99. The van der Waals surface area contributed by atoms with E-state index in [1.54, 1.807) is 30.0 Å². The molecule has 0 unspecified atom stereocenters. The minimum absolute atomic E-state index is 0.162. The summed E-state index contributed by atoms with van der Waals surface area (Å²) in [5.41, 5.74) is 7.00. The molecule has 1 aromatic carbocycles. The smallest absolute Gasteiger partial charge is 0.210 e. The van der Waals surface area contributed by atoms with Crippen molar-refractivity contribution in [3.05, 3.63) is 18.2 Å². The van der Waals surface area contributed by atoms with Crippen molar-refractivity contribution in [1.29, 1.82) is 0 Å². The van der Waals surface area contributed by atoms with Crippen LogP contribution >= 0.6 is 23.1 Å². The topological polar surface area (TPSA) is 73.0 Å². The quantitative estimate of drug-likeness (QED) is 0.655. The number of benzene rings is 1. The van der Waals surface area contributed by atoms with Gasteiger partial charge in [-0.2, -0.15) is 11.8 Å². The Morgan fingerprint density at radius 1 is 1.42 bits per heavy atom. The van der Waals surface area contributed by atoms with Crippen molar-refractivity contribution in [3.8, 4) is 0 Å². The number of sulfone groups is 1. The number of thiazole rings is 1. The van der Waals surface area contributed by atoms with Gasteiger partial charge in [-0.3, -0.25) is 0 Å². The largest absolute Gasteiger partial charge is 0.399 e. The van der Waals surface area contributed by atoms with E-state index in [2.05, 4.69) is 11.9 Å². The lowest BCUT2D eigenvalue weighted by atomic mass is 10.3. The Labute approximate surface area is 121 Å². The summed E-state index contributed by atoms with van der Waals surface area (Å²) in [5, 5.41) is 0. The first kappa shape index (κ1) is 14.6. The molecule has 1 aromatic heterocycles.